The summed E-state index contributed by atoms with van der Waals surface area (Å²) in [5, 5.41) is 2.64. The maximum atomic E-state index is 12.0. The molecule has 2 amide bonds. The van der Waals surface area contributed by atoms with E-state index in [9.17, 15) is 9.59 Å². The quantitative estimate of drug-likeness (QED) is 0.419. The number of rotatable bonds is 13. The van der Waals surface area contributed by atoms with Crippen LogP contribution in [-0.4, -0.2) is 51.6 Å². The fourth-order valence-corrected chi connectivity index (χ4v) is 2.37. The average Bonchev–Trinajstić information content (AvgIpc) is 2.63. The molecule has 1 rings (SSSR count). The minimum Gasteiger partial charge on any atom is -0.450 e. The normalized spacial score (nSPS) is 10.3. The van der Waals surface area contributed by atoms with Crippen LogP contribution in [0.4, 0.5) is 16.2 Å². The standard InChI is InChI=1S/C20H30N2O5/c1-4-12-25-14-15-26-13-7-6-11-22(17(3)23)19-10-8-9-18(16-19)21-20(24)27-5-2/h4,8-10,16H,1,5-7,11-15H2,2-3H3,(H,21,24). The highest BCUT2D eigenvalue weighted by Crippen LogP contribution is 2.20. The highest BCUT2D eigenvalue weighted by atomic mass is 16.5. The Morgan fingerprint density at radius 3 is 2.67 bits per heavy atom. The number of nitrogens with one attached hydrogen (secondary N) is 1. The predicted molar refractivity (Wildman–Crippen MR) is 106 cm³/mol. The number of ether oxygens (including phenoxy) is 3. The van der Waals surface area contributed by atoms with E-state index in [2.05, 4.69) is 11.9 Å². The van der Waals surface area contributed by atoms with Crippen molar-refractivity contribution in [2.24, 2.45) is 0 Å². The third-order valence-corrected chi connectivity index (χ3v) is 3.59. The summed E-state index contributed by atoms with van der Waals surface area (Å²) >= 11 is 0. The van der Waals surface area contributed by atoms with Crippen LogP contribution in [0, 0.1) is 0 Å². The Labute approximate surface area is 161 Å². The lowest BCUT2D eigenvalue weighted by Crippen LogP contribution is -2.29. The highest BCUT2D eigenvalue weighted by Gasteiger charge is 2.12. The van der Waals surface area contributed by atoms with E-state index < -0.39 is 6.09 Å². The molecule has 0 atom stereocenters. The fourth-order valence-electron chi connectivity index (χ4n) is 2.37. The molecule has 27 heavy (non-hydrogen) atoms. The number of hydrogen-bond acceptors (Lipinski definition) is 5. The summed E-state index contributed by atoms with van der Waals surface area (Å²) in [6.45, 7) is 9.97. The maximum Gasteiger partial charge on any atom is 0.411 e. The van der Waals surface area contributed by atoms with E-state index in [1.54, 1.807) is 36.1 Å². The van der Waals surface area contributed by atoms with Gasteiger partial charge >= 0.3 is 6.09 Å². The molecule has 0 aliphatic carbocycles. The zero-order chi connectivity index (χ0) is 19.9. The summed E-state index contributed by atoms with van der Waals surface area (Å²) < 4.78 is 15.6. The number of amides is 2. The molecule has 0 unspecified atom stereocenters. The van der Waals surface area contributed by atoms with Gasteiger partial charge in [-0.3, -0.25) is 10.1 Å². The van der Waals surface area contributed by atoms with E-state index in [1.807, 2.05) is 6.07 Å². The second kappa shape index (κ2) is 13.8. The predicted octanol–water partition coefficient (Wildman–Crippen LogP) is 3.61. The molecule has 0 aliphatic heterocycles. The van der Waals surface area contributed by atoms with Gasteiger partial charge in [0.05, 0.1) is 26.4 Å². The molecule has 1 aromatic rings. The third kappa shape index (κ3) is 9.77. The first-order valence-electron chi connectivity index (χ1n) is 9.16. The molecular weight excluding hydrogens is 348 g/mol. The van der Waals surface area contributed by atoms with Crippen molar-refractivity contribution >= 4 is 23.4 Å². The van der Waals surface area contributed by atoms with Gasteiger partial charge in [-0.1, -0.05) is 12.1 Å². The summed E-state index contributed by atoms with van der Waals surface area (Å²) in [4.78, 5) is 25.2. The number of anilines is 2. The Morgan fingerprint density at radius 1 is 1.19 bits per heavy atom. The van der Waals surface area contributed by atoms with Gasteiger partial charge in [-0.2, -0.15) is 0 Å². The van der Waals surface area contributed by atoms with E-state index in [4.69, 9.17) is 14.2 Å². The molecule has 150 valence electrons. The minimum absolute atomic E-state index is 0.0537. The van der Waals surface area contributed by atoms with E-state index >= 15 is 0 Å². The van der Waals surface area contributed by atoms with Crippen LogP contribution >= 0.6 is 0 Å². The molecule has 0 saturated heterocycles. The Morgan fingerprint density at radius 2 is 1.96 bits per heavy atom. The van der Waals surface area contributed by atoms with Crippen molar-refractivity contribution in [3.05, 3.63) is 36.9 Å². The van der Waals surface area contributed by atoms with E-state index in [0.717, 1.165) is 18.5 Å². The lowest BCUT2D eigenvalue weighted by molar-refractivity contribution is -0.116. The first kappa shape index (κ1) is 22.7. The van der Waals surface area contributed by atoms with Gasteiger partial charge in [0.25, 0.3) is 0 Å². The van der Waals surface area contributed by atoms with E-state index in [1.165, 1.54) is 6.92 Å². The maximum absolute atomic E-state index is 12.0. The smallest absolute Gasteiger partial charge is 0.411 e. The van der Waals surface area contributed by atoms with Crippen LogP contribution < -0.4 is 10.2 Å². The average molecular weight is 378 g/mol. The lowest BCUT2D eigenvalue weighted by Gasteiger charge is -2.22. The molecule has 0 fully saturated rings. The third-order valence-electron chi connectivity index (χ3n) is 3.59. The van der Waals surface area contributed by atoms with Crippen LogP contribution in [0.2, 0.25) is 0 Å². The second-order valence-electron chi connectivity index (χ2n) is 5.75. The van der Waals surface area contributed by atoms with Crippen LogP contribution in [0.1, 0.15) is 26.7 Å². The zero-order valence-electron chi connectivity index (χ0n) is 16.2. The first-order valence-corrected chi connectivity index (χ1v) is 9.16. The van der Waals surface area contributed by atoms with Gasteiger partial charge < -0.3 is 19.1 Å². The van der Waals surface area contributed by atoms with Gasteiger partial charge in [-0.15, -0.1) is 6.58 Å². The van der Waals surface area contributed by atoms with Crippen LogP contribution in [0.5, 0.6) is 0 Å². The van der Waals surface area contributed by atoms with Gasteiger partial charge in [0.15, 0.2) is 0 Å². The molecule has 0 aromatic heterocycles. The number of carbonyl (C=O) groups is 2. The minimum atomic E-state index is -0.516. The van der Waals surface area contributed by atoms with Crippen molar-refractivity contribution < 1.29 is 23.8 Å². The van der Waals surface area contributed by atoms with Crippen molar-refractivity contribution in [2.75, 3.05) is 49.8 Å². The number of benzene rings is 1. The Kier molecular flexibility index (Phi) is 11.6. The van der Waals surface area contributed by atoms with Crippen molar-refractivity contribution in [1.82, 2.24) is 0 Å². The molecule has 0 heterocycles. The molecule has 1 N–H and O–H groups in total. The number of carbonyl (C=O) groups excluding carboxylic acids is 2. The van der Waals surface area contributed by atoms with Crippen LogP contribution in [0.15, 0.2) is 36.9 Å². The molecule has 0 spiro atoms. The lowest BCUT2D eigenvalue weighted by atomic mass is 10.2. The van der Waals surface area contributed by atoms with Crippen LogP contribution in [-0.2, 0) is 19.0 Å². The molecule has 7 nitrogen and oxygen atoms in total. The number of unbranched alkanes of at least 4 members (excludes halogenated alkanes) is 1. The van der Waals surface area contributed by atoms with Crippen molar-refractivity contribution in [3.63, 3.8) is 0 Å². The fraction of sp³-hybridized carbons (Fsp3) is 0.500. The van der Waals surface area contributed by atoms with Gasteiger partial charge in [0.2, 0.25) is 5.91 Å². The van der Waals surface area contributed by atoms with E-state index in [0.29, 0.717) is 45.3 Å². The van der Waals surface area contributed by atoms with Gasteiger partial charge in [0, 0.05) is 31.5 Å². The molecular formula is C20H30N2O5. The summed E-state index contributed by atoms with van der Waals surface area (Å²) in [5.74, 6) is -0.0537. The molecule has 0 bridgehead atoms. The van der Waals surface area contributed by atoms with Crippen LogP contribution in [0.3, 0.4) is 0 Å². The largest absolute Gasteiger partial charge is 0.450 e. The molecule has 0 radical (unpaired) electrons. The number of hydrogen-bond donors (Lipinski definition) is 1. The summed E-state index contributed by atoms with van der Waals surface area (Å²) in [5.41, 5.74) is 1.32. The summed E-state index contributed by atoms with van der Waals surface area (Å²) in [6.07, 6.45) is 2.83. The van der Waals surface area contributed by atoms with Crippen LogP contribution in [0.25, 0.3) is 0 Å². The number of nitrogens with zero attached hydrogens (tertiary/aromatic N) is 1. The SMILES string of the molecule is C=CCOCCOCCCCN(C(C)=O)c1cccc(NC(=O)OCC)c1. The van der Waals surface area contributed by atoms with Crippen molar-refractivity contribution in [3.8, 4) is 0 Å². The van der Waals surface area contributed by atoms with E-state index in [-0.39, 0.29) is 5.91 Å². The Hall–Kier alpha value is -2.38. The highest BCUT2D eigenvalue weighted by molar-refractivity contribution is 5.93. The first-order chi connectivity index (χ1) is 13.1. The van der Waals surface area contributed by atoms with Gasteiger partial charge in [0.1, 0.15) is 0 Å². The monoisotopic (exact) mass is 378 g/mol. The zero-order valence-corrected chi connectivity index (χ0v) is 16.2. The Balaban J connectivity index is 2.43. The molecule has 7 heteroatoms. The van der Waals surface area contributed by atoms with Crippen molar-refractivity contribution in [1.29, 1.82) is 0 Å². The van der Waals surface area contributed by atoms with Gasteiger partial charge in [-0.25, -0.2) is 4.79 Å². The molecule has 0 aliphatic rings. The Bertz CT molecular complexity index is 591. The van der Waals surface area contributed by atoms with Gasteiger partial charge in [-0.05, 0) is 38.0 Å². The molecule has 1 aromatic carbocycles. The summed E-state index contributed by atoms with van der Waals surface area (Å²) in [7, 11) is 0. The van der Waals surface area contributed by atoms with Crippen molar-refractivity contribution in [2.45, 2.75) is 26.7 Å². The summed E-state index contributed by atoms with van der Waals surface area (Å²) in [6, 6.07) is 7.14. The topological polar surface area (TPSA) is 77.1 Å². The second-order valence-corrected chi connectivity index (χ2v) is 5.75. The molecule has 0 saturated carbocycles.